The third-order valence-corrected chi connectivity index (χ3v) is 2.85. The third-order valence-electron chi connectivity index (χ3n) is 2.85. The Morgan fingerprint density at radius 3 is 2.57 bits per heavy atom. The highest BCUT2D eigenvalue weighted by atomic mass is 19.4. The SMILES string of the molecule is CCNc1ccc(Cn2cc(C(F)(F)F)ccc2=O)cn1. The van der Waals surface area contributed by atoms with Crippen LogP contribution in [0.2, 0.25) is 0 Å². The monoisotopic (exact) mass is 297 g/mol. The number of pyridine rings is 2. The maximum absolute atomic E-state index is 12.6. The second-order valence-electron chi connectivity index (χ2n) is 4.46. The van der Waals surface area contributed by atoms with Crippen molar-refractivity contribution in [2.45, 2.75) is 19.6 Å². The van der Waals surface area contributed by atoms with E-state index in [1.54, 1.807) is 12.1 Å². The minimum absolute atomic E-state index is 0.0438. The fraction of sp³-hybridized carbons (Fsp3) is 0.286. The predicted octanol–water partition coefficient (Wildman–Crippen LogP) is 2.74. The van der Waals surface area contributed by atoms with Crippen molar-refractivity contribution < 1.29 is 13.2 Å². The van der Waals surface area contributed by atoms with E-state index >= 15 is 0 Å². The third kappa shape index (κ3) is 3.84. The lowest BCUT2D eigenvalue weighted by molar-refractivity contribution is -0.138. The molecule has 0 spiro atoms. The van der Waals surface area contributed by atoms with Crippen molar-refractivity contribution in [2.75, 3.05) is 11.9 Å². The van der Waals surface area contributed by atoms with E-state index in [2.05, 4.69) is 10.3 Å². The summed E-state index contributed by atoms with van der Waals surface area (Å²) in [4.78, 5) is 15.8. The first-order chi connectivity index (χ1) is 9.90. The van der Waals surface area contributed by atoms with Gasteiger partial charge in [0.1, 0.15) is 5.82 Å². The average Bonchev–Trinajstić information content (AvgIpc) is 2.42. The molecule has 2 heterocycles. The van der Waals surface area contributed by atoms with Gasteiger partial charge in [0.15, 0.2) is 0 Å². The van der Waals surface area contributed by atoms with Crippen LogP contribution in [0.5, 0.6) is 0 Å². The number of nitrogens with one attached hydrogen (secondary N) is 1. The minimum atomic E-state index is -4.47. The van der Waals surface area contributed by atoms with E-state index in [9.17, 15) is 18.0 Å². The van der Waals surface area contributed by atoms with E-state index in [-0.39, 0.29) is 6.54 Å². The van der Waals surface area contributed by atoms with Crippen LogP contribution in [0.25, 0.3) is 0 Å². The van der Waals surface area contributed by atoms with Gasteiger partial charge in [-0.3, -0.25) is 4.79 Å². The molecule has 1 N–H and O–H groups in total. The lowest BCUT2D eigenvalue weighted by Gasteiger charge is -2.11. The van der Waals surface area contributed by atoms with Gasteiger partial charge in [-0.25, -0.2) is 4.98 Å². The molecule has 0 atom stereocenters. The molecule has 0 aliphatic carbocycles. The molecule has 2 aromatic heterocycles. The van der Waals surface area contributed by atoms with Gasteiger partial charge in [-0.1, -0.05) is 6.07 Å². The standard InChI is InChI=1S/C14H14F3N3O/c1-2-18-12-5-3-10(7-19-12)8-20-9-11(14(15,16)17)4-6-13(20)21/h3-7,9H,2,8H2,1H3,(H,18,19). The summed E-state index contributed by atoms with van der Waals surface area (Å²) in [5, 5.41) is 3.01. The summed E-state index contributed by atoms with van der Waals surface area (Å²) in [5.74, 6) is 0.678. The second kappa shape index (κ2) is 5.99. The molecule has 0 saturated carbocycles. The Bertz CT molecular complexity index is 662. The van der Waals surface area contributed by atoms with Crippen molar-refractivity contribution in [3.63, 3.8) is 0 Å². The first-order valence-electron chi connectivity index (χ1n) is 6.36. The van der Waals surface area contributed by atoms with Gasteiger partial charge in [0.25, 0.3) is 5.56 Å². The summed E-state index contributed by atoms with van der Waals surface area (Å²) in [6.07, 6.45) is -2.12. The van der Waals surface area contributed by atoms with Crippen LogP contribution in [0, 0.1) is 0 Å². The predicted molar refractivity (Wildman–Crippen MR) is 73.2 cm³/mol. The summed E-state index contributed by atoms with van der Waals surface area (Å²) in [5.41, 5.74) is -0.684. The normalized spacial score (nSPS) is 11.4. The van der Waals surface area contributed by atoms with E-state index in [1.807, 2.05) is 6.92 Å². The Kier molecular flexibility index (Phi) is 4.30. The Hall–Kier alpha value is -2.31. The van der Waals surface area contributed by atoms with E-state index in [4.69, 9.17) is 0 Å². The molecule has 2 rings (SSSR count). The maximum atomic E-state index is 12.6. The summed E-state index contributed by atoms with van der Waals surface area (Å²) in [7, 11) is 0. The highest BCUT2D eigenvalue weighted by Crippen LogP contribution is 2.28. The lowest BCUT2D eigenvalue weighted by Crippen LogP contribution is -2.22. The highest BCUT2D eigenvalue weighted by Gasteiger charge is 2.31. The Balaban J connectivity index is 2.24. The fourth-order valence-electron chi connectivity index (χ4n) is 1.82. The van der Waals surface area contributed by atoms with Crippen LogP contribution in [-0.4, -0.2) is 16.1 Å². The summed E-state index contributed by atoms with van der Waals surface area (Å²) in [6, 6.07) is 5.14. The molecule has 0 aliphatic heterocycles. The van der Waals surface area contributed by atoms with Gasteiger partial charge >= 0.3 is 6.18 Å². The zero-order valence-electron chi connectivity index (χ0n) is 11.3. The summed E-state index contributed by atoms with van der Waals surface area (Å²) >= 11 is 0. The molecule has 4 nitrogen and oxygen atoms in total. The summed E-state index contributed by atoms with van der Waals surface area (Å²) in [6.45, 7) is 2.69. The molecule has 112 valence electrons. The zero-order valence-corrected chi connectivity index (χ0v) is 11.3. The maximum Gasteiger partial charge on any atom is 0.417 e. The minimum Gasteiger partial charge on any atom is -0.370 e. The average molecular weight is 297 g/mol. The van der Waals surface area contributed by atoms with Gasteiger partial charge in [-0.2, -0.15) is 13.2 Å². The Morgan fingerprint density at radius 1 is 1.24 bits per heavy atom. The van der Waals surface area contributed by atoms with Crippen LogP contribution < -0.4 is 10.9 Å². The number of aromatic nitrogens is 2. The second-order valence-corrected chi connectivity index (χ2v) is 4.46. The van der Waals surface area contributed by atoms with Gasteiger partial charge in [-0.05, 0) is 24.6 Å². The van der Waals surface area contributed by atoms with E-state index < -0.39 is 17.3 Å². The number of rotatable bonds is 4. The van der Waals surface area contributed by atoms with Gasteiger partial charge in [0, 0.05) is 25.0 Å². The molecule has 0 aromatic carbocycles. The highest BCUT2D eigenvalue weighted by molar-refractivity contribution is 5.35. The van der Waals surface area contributed by atoms with Gasteiger partial charge < -0.3 is 9.88 Å². The summed E-state index contributed by atoms with van der Waals surface area (Å²) < 4.78 is 38.9. The molecule has 0 amide bonds. The van der Waals surface area contributed by atoms with E-state index in [1.165, 1.54) is 6.20 Å². The molecule has 7 heteroatoms. The zero-order chi connectivity index (χ0) is 15.5. The van der Waals surface area contributed by atoms with Crippen LogP contribution in [-0.2, 0) is 12.7 Å². The van der Waals surface area contributed by atoms with Gasteiger partial charge in [0.2, 0.25) is 0 Å². The molecule has 0 aliphatic rings. The van der Waals surface area contributed by atoms with E-state index in [0.29, 0.717) is 11.4 Å². The van der Waals surface area contributed by atoms with Crippen LogP contribution in [0.15, 0.2) is 41.5 Å². The number of halogens is 3. The molecule has 2 aromatic rings. The van der Waals surface area contributed by atoms with Crippen molar-refractivity contribution in [2.24, 2.45) is 0 Å². The first kappa shape index (κ1) is 15.1. The number of anilines is 1. The van der Waals surface area contributed by atoms with Crippen molar-refractivity contribution >= 4 is 5.82 Å². The van der Waals surface area contributed by atoms with Crippen molar-refractivity contribution in [1.82, 2.24) is 9.55 Å². The number of nitrogens with zero attached hydrogens (tertiary/aromatic N) is 2. The van der Waals surface area contributed by atoms with Crippen molar-refractivity contribution in [3.8, 4) is 0 Å². The van der Waals surface area contributed by atoms with Gasteiger partial charge in [-0.15, -0.1) is 0 Å². The molecular formula is C14H14F3N3O. The number of hydrogen-bond acceptors (Lipinski definition) is 3. The molecule has 0 saturated heterocycles. The fourth-order valence-corrected chi connectivity index (χ4v) is 1.82. The van der Waals surface area contributed by atoms with Crippen LogP contribution in [0.1, 0.15) is 18.1 Å². The molecule has 0 bridgehead atoms. The Labute approximate surface area is 119 Å². The molecule has 21 heavy (non-hydrogen) atoms. The molecular weight excluding hydrogens is 283 g/mol. The van der Waals surface area contributed by atoms with Crippen LogP contribution in [0.3, 0.4) is 0 Å². The van der Waals surface area contributed by atoms with Crippen molar-refractivity contribution in [1.29, 1.82) is 0 Å². The topological polar surface area (TPSA) is 46.9 Å². The van der Waals surface area contributed by atoms with E-state index in [0.717, 1.165) is 29.4 Å². The first-order valence-corrected chi connectivity index (χ1v) is 6.36. The number of hydrogen-bond donors (Lipinski definition) is 1. The lowest BCUT2D eigenvalue weighted by atomic mass is 10.2. The van der Waals surface area contributed by atoms with Crippen LogP contribution in [0.4, 0.5) is 19.0 Å². The molecule has 0 fully saturated rings. The van der Waals surface area contributed by atoms with Crippen LogP contribution >= 0.6 is 0 Å². The largest absolute Gasteiger partial charge is 0.417 e. The molecule has 0 unspecified atom stereocenters. The smallest absolute Gasteiger partial charge is 0.370 e. The molecule has 0 radical (unpaired) electrons. The van der Waals surface area contributed by atoms with Crippen molar-refractivity contribution in [3.05, 3.63) is 58.1 Å². The van der Waals surface area contributed by atoms with Gasteiger partial charge in [0.05, 0.1) is 12.1 Å². The Morgan fingerprint density at radius 2 is 2.00 bits per heavy atom. The quantitative estimate of drug-likeness (QED) is 0.944. The number of alkyl halides is 3.